The Morgan fingerprint density at radius 3 is 2.29 bits per heavy atom. The quantitative estimate of drug-likeness (QED) is 0.426. The van der Waals surface area contributed by atoms with E-state index in [1.807, 2.05) is 13.8 Å². The molecule has 0 heterocycles. The van der Waals surface area contributed by atoms with Gasteiger partial charge in [-0.05, 0) is 91.8 Å². The molecule has 0 spiro atoms. The Labute approximate surface area is 206 Å². The number of hydrogen-bond donors (Lipinski definition) is 2. The van der Waals surface area contributed by atoms with Crippen molar-refractivity contribution in [2.45, 2.75) is 111 Å². The number of hydrogen-bond acceptors (Lipinski definition) is 4. The van der Waals surface area contributed by atoms with Crippen LogP contribution in [0.3, 0.4) is 0 Å². The molecule has 0 aromatic rings. The third kappa shape index (κ3) is 5.46. The average Bonchev–Trinajstić information content (AvgIpc) is 3.17. The van der Waals surface area contributed by atoms with Gasteiger partial charge in [0.1, 0.15) is 6.10 Å². The minimum absolute atomic E-state index is 0.0892. The van der Waals surface area contributed by atoms with E-state index < -0.39 is 5.97 Å². The normalized spacial score (nSPS) is 41.0. The Balaban J connectivity index is 0.000000758. The van der Waals surface area contributed by atoms with Crippen LogP contribution in [0, 0.1) is 46.3 Å². The third-order valence-electron chi connectivity index (χ3n) is 10.4. The summed E-state index contributed by atoms with van der Waals surface area (Å²) in [5, 5.41) is 16.0. The number of ether oxygens (including phenoxy) is 1. The smallest absolute Gasteiger partial charge is 0.303 e. The zero-order chi connectivity index (χ0) is 25.5. The summed E-state index contributed by atoms with van der Waals surface area (Å²) in [6, 6.07) is 0. The van der Waals surface area contributed by atoms with Gasteiger partial charge in [-0.1, -0.05) is 47.5 Å². The van der Waals surface area contributed by atoms with Crippen molar-refractivity contribution >= 4 is 18.9 Å². The first-order valence-electron chi connectivity index (χ1n) is 13.6. The van der Waals surface area contributed by atoms with E-state index in [1.54, 1.807) is 0 Å². The molecule has 4 saturated carbocycles. The van der Waals surface area contributed by atoms with Crippen molar-refractivity contribution in [3.63, 3.8) is 0 Å². The average molecular weight is 481 g/mol. The molecule has 0 aromatic heterocycles. The molecule has 0 aromatic carbocycles. The molecule has 9 unspecified atom stereocenters. The summed E-state index contributed by atoms with van der Waals surface area (Å²) in [5.74, 6) is 2.86. The molecule has 9 atom stereocenters. The molecular weight excluding hydrogens is 432 g/mol. The second kappa shape index (κ2) is 12.4. The summed E-state index contributed by atoms with van der Waals surface area (Å²) in [6.45, 7) is 11.8. The van der Waals surface area contributed by atoms with Gasteiger partial charge in [-0.25, -0.2) is 0 Å². The third-order valence-corrected chi connectivity index (χ3v) is 10.4. The number of carboxylic acids is 1. The Morgan fingerprint density at radius 1 is 1.03 bits per heavy atom. The second-order valence-electron chi connectivity index (χ2n) is 11.5. The van der Waals surface area contributed by atoms with Gasteiger partial charge >= 0.3 is 5.97 Å². The Kier molecular flexibility index (Phi) is 10.4. The molecule has 0 radical (unpaired) electrons. The van der Waals surface area contributed by atoms with Crippen molar-refractivity contribution in [3.8, 4) is 0 Å². The number of aliphatic carboxylic acids is 1. The van der Waals surface area contributed by atoms with Crippen LogP contribution in [-0.4, -0.2) is 35.2 Å². The molecular formula is C28H48O6. The van der Waals surface area contributed by atoms with Gasteiger partial charge < -0.3 is 14.9 Å². The van der Waals surface area contributed by atoms with Gasteiger partial charge in [0.25, 0.3) is 12.9 Å². The zero-order valence-electron chi connectivity index (χ0n) is 22.0. The molecule has 4 rings (SSSR count). The number of carbonyl (C=O) groups is 3. The minimum atomic E-state index is -0.678. The van der Waals surface area contributed by atoms with Crippen molar-refractivity contribution < 1.29 is 29.3 Å². The topological polar surface area (TPSA) is 101 Å². The molecule has 4 fully saturated rings. The lowest BCUT2D eigenvalue weighted by molar-refractivity contribution is -0.181. The highest BCUT2D eigenvalue weighted by Gasteiger charge is 2.63. The SMILES string of the molecule is CC.CC(CCC(=O)O)C1CCC2C3C(OC=O)CC4CCCCC4(C)C3CCC12C.O=CO. The largest absolute Gasteiger partial charge is 0.483 e. The first-order chi connectivity index (χ1) is 16.2. The summed E-state index contributed by atoms with van der Waals surface area (Å²) in [4.78, 5) is 30.9. The zero-order valence-corrected chi connectivity index (χ0v) is 22.0. The Morgan fingerprint density at radius 2 is 1.68 bits per heavy atom. The summed E-state index contributed by atoms with van der Waals surface area (Å²) in [6.07, 6.45) is 12.5. The highest BCUT2D eigenvalue weighted by molar-refractivity contribution is 5.66. The fourth-order valence-corrected chi connectivity index (χ4v) is 8.97. The van der Waals surface area contributed by atoms with Crippen molar-refractivity contribution in [1.82, 2.24) is 0 Å². The van der Waals surface area contributed by atoms with E-state index in [-0.39, 0.29) is 24.4 Å². The summed E-state index contributed by atoms with van der Waals surface area (Å²) >= 11 is 0. The van der Waals surface area contributed by atoms with E-state index in [9.17, 15) is 9.59 Å². The molecule has 34 heavy (non-hydrogen) atoms. The fourth-order valence-electron chi connectivity index (χ4n) is 8.97. The van der Waals surface area contributed by atoms with E-state index in [0.717, 1.165) is 12.8 Å². The number of fused-ring (bicyclic) bond motifs is 5. The maximum atomic E-state index is 11.4. The van der Waals surface area contributed by atoms with Crippen LogP contribution < -0.4 is 0 Å². The highest BCUT2D eigenvalue weighted by atomic mass is 16.5. The van der Waals surface area contributed by atoms with Crippen LogP contribution in [-0.2, 0) is 19.1 Å². The molecule has 2 N–H and O–H groups in total. The second-order valence-corrected chi connectivity index (χ2v) is 11.5. The van der Waals surface area contributed by atoms with Crippen molar-refractivity contribution in [2.24, 2.45) is 46.3 Å². The predicted molar refractivity (Wildman–Crippen MR) is 132 cm³/mol. The van der Waals surface area contributed by atoms with E-state index >= 15 is 0 Å². The first kappa shape index (κ1) is 28.6. The number of carboxylic acid groups (broad SMARTS) is 2. The Bertz CT molecular complexity index is 680. The minimum Gasteiger partial charge on any atom is -0.483 e. The van der Waals surface area contributed by atoms with Crippen LogP contribution in [0.2, 0.25) is 0 Å². The van der Waals surface area contributed by atoms with Gasteiger partial charge in [-0.3, -0.25) is 14.4 Å². The lowest BCUT2D eigenvalue weighted by Crippen LogP contribution is -2.58. The van der Waals surface area contributed by atoms with Crippen LogP contribution in [0.5, 0.6) is 0 Å². The summed E-state index contributed by atoms with van der Waals surface area (Å²) in [7, 11) is 0. The van der Waals surface area contributed by atoms with Crippen LogP contribution in [0.25, 0.3) is 0 Å². The van der Waals surface area contributed by atoms with Gasteiger partial charge in [0.2, 0.25) is 0 Å². The van der Waals surface area contributed by atoms with Crippen molar-refractivity contribution in [2.75, 3.05) is 0 Å². The van der Waals surface area contributed by atoms with Gasteiger partial charge in [-0.15, -0.1) is 0 Å². The van der Waals surface area contributed by atoms with E-state index in [4.69, 9.17) is 19.7 Å². The van der Waals surface area contributed by atoms with Crippen molar-refractivity contribution in [3.05, 3.63) is 0 Å². The van der Waals surface area contributed by atoms with Crippen LogP contribution >= 0.6 is 0 Å². The van der Waals surface area contributed by atoms with Crippen LogP contribution in [0.4, 0.5) is 0 Å². The molecule has 196 valence electrons. The monoisotopic (exact) mass is 480 g/mol. The molecule has 6 heteroatoms. The van der Waals surface area contributed by atoms with Crippen LogP contribution in [0.15, 0.2) is 0 Å². The fraction of sp³-hybridized carbons (Fsp3) is 0.893. The van der Waals surface area contributed by atoms with Crippen LogP contribution in [0.1, 0.15) is 105 Å². The predicted octanol–water partition coefficient (Wildman–Crippen LogP) is 6.41. The lowest BCUT2D eigenvalue weighted by atomic mass is 9.44. The molecule has 0 amide bonds. The van der Waals surface area contributed by atoms with Gasteiger partial charge in [0.05, 0.1) is 0 Å². The molecule has 0 saturated heterocycles. The summed E-state index contributed by atoms with van der Waals surface area (Å²) < 4.78 is 5.82. The molecule has 6 nitrogen and oxygen atoms in total. The van der Waals surface area contributed by atoms with Gasteiger partial charge in [-0.2, -0.15) is 0 Å². The van der Waals surface area contributed by atoms with E-state index in [1.165, 1.54) is 51.4 Å². The molecule has 4 aliphatic rings. The highest BCUT2D eigenvalue weighted by Crippen LogP contribution is 2.68. The molecule has 0 bridgehead atoms. The summed E-state index contributed by atoms with van der Waals surface area (Å²) in [5.41, 5.74) is 0.682. The standard InChI is InChI=1S/C25H40O4.C2H6.CH2O2/c1-16(7-10-22(27)28)18-8-9-19-23-20(11-13-25(18,19)3)24(2)12-5-4-6-17(24)14-21(23)29-15-26;1-2;2-1-3/h15-21,23H,4-14H2,1-3H3,(H,27,28);1-2H3;1H,(H,2,3). The number of carbonyl (C=O) groups excluding carboxylic acids is 1. The van der Waals surface area contributed by atoms with Gasteiger partial charge in [0.15, 0.2) is 0 Å². The Hall–Kier alpha value is -1.59. The van der Waals surface area contributed by atoms with E-state index in [2.05, 4.69) is 20.8 Å². The maximum Gasteiger partial charge on any atom is 0.303 e. The number of rotatable bonds is 6. The lowest BCUT2D eigenvalue weighted by Gasteiger charge is -2.62. The first-order valence-corrected chi connectivity index (χ1v) is 13.6. The molecule has 4 aliphatic carbocycles. The van der Waals surface area contributed by atoms with E-state index in [0.29, 0.717) is 47.4 Å². The maximum absolute atomic E-state index is 11.4. The van der Waals surface area contributed by atoms with Gasteiger partial charge in [0, 0.05) is 12.3 Å². The van der Waals surface area contributed by atoms with Crippen molar-refractivity contribution in [1.29, 1.82) is 0 Å². The molecule has 0 aliphatic heterocycles.